The minimum atomic E-state index is -0.231. The van der Waals surface area contributed by atoms with E-state index in [9.17, 15) is 9.59 Å². The second-order valence-corrected chi connectivity index (χ2v) is 6.57. The fraction of sp³-hybridized carbons (Fsp3) is 0.526. The summed E-state index contributed by atoms with van der Waals surface area (Å²) >= 11 is 0. The number of hydrogen-bond donors (Lipinski definition) is 0. The Morgan fingerprint density at radius 2 is 2.12 bits per heavy atom. The summed E-state index contributed by atoms with van der Waals surface area (Å²) in [6.07, 6.45) is 2.59. The number of aromatic nitrogens is 2. The molecule has 0 spiro atoms. The van der Waals surface area contributed by atoms with Crippen LogP contribution in [0.15, 0.2) is 29.1 Å². The van der Waals surface area contributed by atoms with Gasteiger partial charge in [-0.15, -0.1) is 0 Å². The first-order valence-corrected chi connectivity index (χ1v) is 8.83. The van der Waals surface area contributed by atoms with Crippen LogP contribution in [0.1, 0.15) is 38.1 Å². The number of carbonyl (C=O) groups excluding carboxylic acids is 1. The maximum absolute atomic E-state index is 12.8. The predicted molar refractivity (Wildman–Crippen MR) is 96.3 cm³/mol. The topological polar surface area (TPSA) is 64.4 Å². The van der Waals surface area contributed by atoms with Gasteiger partial charge in [0.05, 0.1) is 23.6 Å². The van der Waals surface area contributed by atoms with Gasteiger partial charge in [-0.25, -0.2) is 4.98 Å². The third-order valence-corrected chi connectivity index (χ3v) is 4.82. The monoisotopic (exact) mass is 343 g/mol. The summed E-state index contributed by atoms with van der Waals surface area (Å²) in [5.41, 5.74) is 0.592. The van der Waals surface area contributed by atoms with E-state index in [1.54, 1.807) is 24.8 Å². The molecule has 25 heavy (non-hydrogen) atoms. The number of rotatable bonds is 7. The maximum Gasteiger partial charge on any atom is 0.261 e. The molecule has 0 radical (unpaired) electrons. The smallest absolute Gasteiger partial charge is 0.261 e. The summed E-state index contributed by atoms with van der Waals surface area (Å²) in [6.45, 7) is 3.00. The highest BCUT2D eigenvalue weighted by molar-refractivity contribution is 5.81. The number of amides is 1. The molecule has 0 aliphatic heterocycles. The molecular weight excluding hydrogens is 318 g/mol. The number of para-hydroxylation sites is 1. The van der Waals surface area contributed by atoms with Crippen LogP contribution in [-0.2, 0) is 16.6 Å². The Hall–Kier alpha value is -2.21. The van der Waals surface area contributed by atoms with Gasteiger partial charge in [-0.1, -0.05) is 19.1 Å². The van der Waals surface area contributed by atoms with Crippen LogP contribution in [-0.4, -0.2) is 40.6 Å². The predicted octanol–water partition coefficient (Wildman–Crippen LogP) is 2.27. The van der Waals surface area contributed by atoms with E-state index in [0.717, 1.165) is 12.8 Å². The van der Waals surface area contributed by atoms with Crippen molar-refractivity contribution in [3.8, 4) is 0 Å². The zero-order chi connectivity index (χ0) is 18.0. The molecule has 1 heterocycles. The molecule has 1 unspecified atom stereocenters. The summed E-state index contributed by atoms with van der Waals surface area (Å²) in [7, 11) is 3.36. The van der Waals surface area contributed by atoms with Crippen LogP contribution in [0.2, 0.25) is 0 Å². The van der Waals surface area contributed by atoms with Crippen LogP contribution in [0.5, 0.6) is 0 Å². The maximum atomic E-state index is 12.8. The second kappa shape index (κ2) is 7.35. The molecule has 1 aliphatic rings. The average molecular weight is 343 g/mol. The number of benzene rings is 1. The number of fused-ring (bicyclic) bond motifs is 1. The molecule has 1 amide bonds. The van der Waals surface area contributed by atoms with E-state index in [1.165, 1.54) is 0 Å². The SMILES string of the molecule is CCC(c1nc2ccccc2c(=O)n1C)N(CCOC)C(=O)C1CC1. The van der Waals surface area contributed by atoms with Gasteiger partial charge in [-0.2, -0.15) is 0 Å². The molecule has 1 aromatic heterocycles. The molecule has 0 bridgehead atoms. The van der Waals surface area contributed by atoms with E-state index in [4.69, 9.17) is 9.72 Å². The quantitative estimate of drug-likeness (QED) is 0.774. The van der Waals surface area contributed by atoms with Crippen LogP contribution in [0, 0.1) is 5.92 Å². The second-order valence-electron chi connectivity index (χ2n) is 6.57. The van der Waals surface area contributed by atoms with E-state index in [0.29, 0.717) is 36.3 Å². The standard InChI is InChI=1S/C19H25N3O3/c1-4-16(22(11-12-25-3)18(23)13-9-10-13)17-20-15-8-6-5-7-14(15)19(24)21(17)2/h5-8,13,16H,4,9-12H2,1-3H3. The highest BCUT2D eigenvalue weighted by atomic mass is 16.5. The van der Waals surface area contributed by atoms with Gasteiger partial charge in [0.15, 0.2) is 0 Å². The molecule has 0 N–H and O–H groups in total. The van der Waals surface area contributed by atoms with Crippen molar-refractivity contribution in [3.05, 3.63) is 40.4 Å². The van der Waals surface area contributed by atoms with E-state index < -0.39 is 0 Å². The molecule has 134 valence electrons. The van der Waals surface area contributed by atoms with Gasteiger partial charge >= 0.3 is 0 Å². The minimum absolute atomic E-state index is 0.0791. The van der Waals surface area contributed by atoms with Crippen molar-refractivity contribution < 1.29 is 9.53 Å². The van der Waals surface area contributed by atoms with Crippen molar-refractivity contribution in [3.63, 3.8) is 0 Å². The van der Waals surface area contributed by atoms with Crippen LogP contribution >= 0.6 is 0 Å². The molecule has 1 atom stereocenters. The van der Waals surface area contributed by atoms with Crippen molar-refractivity contribution in [1.82, 2.24) is 14.5 Å². The van der Waals surface area contributed by atoms with Crippen LogP contribution in [0.3, 0.4) is 0 Å². The van der Waals surface area contributed by atoms with E-state index in [-0.39, 0.29) is 23.4 Å². The van der Waals surface area contributed by atoms with Crippen molar-refractivity contribution >= 4 is 16.8 Å². The lowest BCUT2D eigenvalue weighted by Gasteiger charge is -2.31. The first-order chi connectivity index (χ1) is 12.1. The zero-order valence-electron chi connectivity index (χ0n) is 15.1. The van der Waals surface area contributed by atoms with E-state index in [1.807, 2.05) is 30.0 Å². The van der Waals surface area contributed by atoms with E-state index in [2.05, 4.69) is 0 Å². The molecule has 0 saturated heterocycles. The van der Waals surface area contributed by atoms with Gasteiger partial charge in [0.2, 0.25) is 5.91 Å². The largest absolute Gasteiger partial charge is 0.383 e. The van der Waals surface area contributed by atoms with Crippen molar-refractivity contribution in [1.29, 1.82) is 0 Å². The van der Waals surface area contributed by atoms with Crippen molar-refractivity contribution in [2.45, 2.75) is 32.2 Å². The Kier molecular flexibility index (Phi) is 5.18. The number of nitrogens with zero attached hydrogens (tertiary/aromatic N) is 3. The Morgan fingerprint density at radius 3 is 2.76 bits per heavy atom. The summed E-state index contributed by atoms with van der Waals surface area (Å²) in [5.74, 6) is 0.894. The van der Waals surface area contributed by atoms with Gasteiger partial charge in [0.1, 0.15) is 5.82 Å². The molecule has 6 nitrogen and oxygen atoms in total. The third-order valence-electron chi connectivity index (χ3n) is 4.82. The van der Waals surface area contributed by atoms with E-state index >= 15 is 0 Å². The Balaban J connectivity index is 2.06. The van der Waals surface area contributed by atoms with Gasteiger partial charge < -0.3 is 9.64 Å². The summed E-state index contributed by atoms with van der Waals surface area (Å²) in [5, 5.41) is 0.598. The molecule has 2 aromatic rings. The van der Waals surface area contributed by atoms with Gasteiger partial charge in [0.25, 0.3) is 5.56 Å². The first kappa shape index (κ1) is 17.6. The van der Waals surface area contributed by atoms with Crippen molar-refractivity contribution in [2.75, 3.05) is 20.3 Å². The highest BCUT2D eigenvalue weighted by Crippen LogP contribution is 2.34. The van der Waals surface area contributed by atoms with Gasteiger partial charge in [-0.05, 0) is 31.4 Å². The van der Waals surface area contributed by atoms with Gasteiger partial charge in [0, 0.05) is 26.6 Å². The molecule has 1 aliphatic carbocycles. The lowest BCUT2D eigenvalue weighted by Crippen LogP contribution is -2.40. The average Bonchev–Trinajstić information content (AvgIpc) is 3.47. The lowest BCUT2D eigenvalue weighted by molar-refractivity contribution is -0.136. The molecule has 6 heteroatoms. The Labute approximate surface area is 147 Å². The fourth-order valence-electron chi connectivity index (χ4n) is 3.25. The van der Waals surface area contributed by atoms with Crippen LogP contribution < -0.4 is 5.56 Å². The molecule has 1 saturated carbocycles. The lowest BCUT2D eigenvalue weighted by atomic mass is 10.1. The van der Waals surface area contributed by atoms with Gasteiger partial charge in [-0.3, -0.25) is 14.2 Å². The zero-order valence-corrected chi connectivity index (χ0v) is 15.1. The molecule has 1 aromatic carbocycles. The molecule has 3 rings (SSSR count). The minimum Gasteiger partial charge on any atom is -0.383 e. The number of ether oxygens (including phenoxy) is 1. The Morgan fingerprint density at radius 1 is 1.40 bits per heavy atom. The van der Waals surface area contributed by atoms with Crippen LogP contribution in [0.4, 0.5) is 0 Å². The molecule has 1 fully saturated rings. The normalized spacial score (nSPS) is 15.3. The van der Waals surface area contributed by atoms with Crippen molar-refractivity contribution in [2.24, 2.45) is 13.0 Å². The third kappa shape index (κ3) is 3.44. The Bertz CT molecular complexity index is 826. The summed E-state index contributed by atoms with van der Waals surface area (Å²) in [4.78, 5) is 32.1. The first-order valence-electron chi connectivity index (χ1n) is 8.83. The van der Waals surface area contributed by atoms with Crippen LogP contribution in [0.25, 0.3) is 10.9 Å². The summed E-state index contributed by atoms with van der Waals surface area (Å²) < 4.78 is 6.77. The highest BCUT2D eigenvalue weighted by Gasteiger charge is 2.37. The number of hydrogen-bond acceptors (Lipinski definition) is 4. The number of methoxy groups -OCH3 is 1. The molecular formula is C19H25N3O3. The number of carbonyl (C=O) groups is 1. The fourth-order valence-corrected chi connectivity index (χ4v) is 3.25. The summed E-state index contributed by atoms with van der Waals surface area (Å²) in [6, 6.07) is 7.11.